The Morgan fingerprint density at radius 2 is 1.80 bits per heavy atom. The Kier molecular flexibility index (Phi) is 7.23. The molecule has 1 aromatic heterocycles. The molecule has 4 aromatic rings. The molecule has 1 amide bonds. The van der Waals surface area contributed by atoms with Gasteiger partial charge < -0.3 is 9.88 Å². The molecule has 0 bridgehead atoms. The van der Waals surface area contributed by atoms with Crippen molar-refractivity contribution in [2.75, 3.05) is 10.6 Å². The highest BCUT2D eigenvalue weighted by atomic mass is 35.5. The summed E-state index contributed by atoms with van der Waals surface area (Å²) in [5, 5.41) is 3.41. The number of aromatic nitrogens is 2. The second kappa shape index (κ2) is 10.3. The van der Waals surface area contributed by atoms with Crippen LogP contribution >= 0.6 is 11.6 Å². The summed E-state index contributed by atoms with van der Waals surface area (Å²) < 4.78 is 28.0. The number of nitrogens with zero attached hydrogens (tertiary/aromatic N) is 3. The van der Waals surface area contributed by atoms with E-state index < -0.39 is 10.0 Å². The zero-order valence-electron chi connectivity index (χ0n) is 19.3. The summed E-state index contributed by atoms with van der Waals surface area (Å²) in [6.07, 6.45) is 4.78. The van der Waals surface area contributed by atoms with Gasteiger partial charge in [0, 0.05) is 29.5 Å². The van der Waals surface area contributed by atoms with E-state index in [1.54, 1.807) is 54.7 Å². The second-order valence-corrected chi connectivity index (χ2v) is 10.4. The third-order valence-electron chi connectivity index (χ3n) is 5.56. The second-order valence-electron chi connectivity index (χ2n) is 8.10. The van der Waals surface area contributed by atoms with E-state index in [9.17, 15) is 13.2 Å². The van der Waals surface area contributed by atoms with E-state index >= 15 is 0 Å². The molecule has 0 atom stereocenters. The highest BCUT2D eigenvalue weighted by Gasteiger charge is 2.18. The largest absolute Gasteiger partial charge is 0.348 e. The molecule has 9 heteroatoms. The van der Waals surface area contributed by atoms with Gasteiger partial charge in [0.05, 0.1) is 24.2 Å². The molecular formula is C26H25ClN4O3S. The maximum Gasteiger partial charge on any atom is 0.251 e. The molecule has 0 saturated heterocycles. The highest BCUT2D eigenvalue weighted by Crippen LogP contribution is 2.24. The molecule has 0 saturated carbocycles. The number of sulfonamides is 1. The summed E-state index contributed by atoms with van der Waals surface area (Å²) in [7, 11) is -3.54. The van der Waals surface area contributed by atoms with Gasteiger partial charge in [-0.25, -0.2) is 13.4 Å². The van der Waals surface area contributed by atoms with Crippen molar-refractivity contribution in [1.29, 1.82) is 0 Å². The van der Waals surface area contributed by atoms with Crippen molar-refractivity contribution in [2.45, 2.75) is 20.0 Å². The molecule has 35 heavy (non-hydrogen) atoms. The number of imidazole rings is 1. The van der Waals surface area contributed by atoms with Gasteiger partial charge in [0.2, 0.25) is 10.0 Å². The number of aryl methyl sites for hydroxylation is 1. The zero-order chi connectivity index (χ0) is 25.0. The maximum absolute atomic E-state index is 12.8. The first kappa shape index (κ1) is 24.5. The summed E-state index contributed by atoms with van der Waals surface area (Å²) in [6, 6.07) is 21.4. The molecule has 0 spiro atoms. The molecular weight excluding hydrogens is 484 g/mol. The highest BCUT2D eigenvalue weighted by molar-refractivity contribution is 7.92. The van der Waals surface area contributed by atoms with Crippen LogP contribution in [0.25, 0.3) is 5.69 Å². The van der Waals surface area contributed by atoms with Crippen LogP contribution in [0.1, 0.15) is 27.3 Å². The fourth-order valence-electron chi connectivity index (χ4n) is 3.76. The van der Waals surface area contributed by atoms with Crippen molar-refractivity contribution in [3.05, 3.63) is 113 Å². The SMILES string of the molecule is Cc1nccn1-c1ccccc1CNC(=O)c1ccc(CN(c2cccc(Cl)c2)S(C)(=O)=O)cc1. The minimum absolute atomic E-state index is 0.124. The Balaban J connectivity index is 1.46. The Hall–Kier alpha value is -3.62. The number of benzene rings is 3. The molecule has 0 aliphatic heterocycles. The lowest BCUT2D eigenvalue weighted by Crippen LogP contribution is -2.29. The van der Waals surface area contributed by atoms with Crippen LogP contribution in [0.3, 0.4) is 0 Å². The van der Waals surface area contributed by atoms with Crippen molar-refractivity contribution < 1.29 is 13.2 Å². The topological polar surface area (TPSA) is 84.3 Å². The van der Waals surface area contributed by atoms with Gasteiger partial charge in [0.15, 0.2) is 0 Å². The Morgan fingerprint density at radius 1 is 1.06 bits per heavy atom. The number of hydrogen-bond donors (Lipinski definition) is 1. The summed E-state index contributed by atoms with van der Waals surface area (Å²) in [4.78, 5) is 17.1. The number of halogens is 1. The molecule has 1 N–H and O–H groups in total. The predicted molar refractivity (Wildman–Crippen MR) is 138 cm³/mol. The number of amides is 1. The average Bonchev–Trinajstić information content (AvgIpc) is 3.26. The van der Waals surface area contributed by atoms with E-state index in [0.29, 0.717) is 22.8 Å². The van der Waals surface area contributed by atoms with Crippen molar-refractivity contribution in [3.63, 3.8) is 0 Å². The molecule has 4 rings (SSSR count). The van der Waals surface area contributed by atoms with E-state index in [-0.39, 0.29) is 12.5 Å². The Bertz CT molecular complexity index is 1450. The Morgan fingerprint density at radius 3 is 2.46 bits per heavy atom. The van der Waals surface area contributed by atoms with Crippen LogP contribution < -0.4 is 9.62 Å². The quantitative estimate of drug-likeness (QED) is 0.373. The number of rotatable bonds is 8. The van der Waals surface area contributed by atoms with Crippen LogP contribution in [0.2, 0.25) is 5.02 Å². The Labute approximate surface area is 210 Å². The van der Waals surface area contributed by atoms with Crippen LogP contribution in [-0.2, 0) is 23.1 Å². The van der Waals surface area contributed by atoms with Crippen LogP contribution in [0.15, 0.2) is 85.2 Å². The molecule has 0 fully saturated rings. The van der Waals surface area contributed by atoms with Gasteiger partial charge >= 0.3 is 0 Å². The number of carbonyl (C=O) groups excluding carboxylic acids is 1. The molecule has 0 unspecified atom stereocenters. The number of para-hydroxylation sites is 1. The van der Waals surface area contributed by atoms with E-state index in [0.717, 1.165) is 28.9 Å². The van der Waals surface area contributed by atoms with E-state index in [1.165, 1.54) is 4.31 Å². The summed E-state index contributed by atoms with van der Waals surface area (Å²) in [6.45, 7) is 2.40. The molecule has 3 aromatic carbocycles. The van der Waals surface area contributed by atoms with Crippen molar-refractivity contribution in [2.24, 2.45) is 0 Å². The van der Waals surface area contributed by atoms with Crippen molar-refractivity contribution >= 4 is 33.2 Å². The third-order valence-corrected chi connectivity index (χ3v) is 6.93. The summed E-state index contributed by atoms with van der Waals surface area (Å²) in [5.41, 5.74) is 3.63. The van der Waals surface area contributed by atoms with Gasteiger partial charge in [0.1, 0.15) is 5.82 Å². The predicted octanol–water partition coefficient (Wildman–Crippen LogP) is 4.73. The normalized spacial score (nSPS) is 11.3. The van der Waals surface area contributed by atoms with Gasteiger partial charge in [-0.3, -0.25) is 9.10 Å². The number of nitrogens with one attached hydrogen (secondary N) is 1. The van der Waals surface area contributed by atoms with Gasteiger partial charge in [-0.1, -0.05) is 48.0 Å². The third kappa shape index (κ3) is 5.90. The van der Waals surface area contributed by atoms with Gasteiger partial charge in [-0.2, -0.15) is 0 Å². The number of hydrogen-bond acceptors (Lipinski definition) is 4. The van der Waals surface area contributed by atoms with E-state index in [2.05, 4.69) is 10.3 Å². The fourth-order valence-corrected chi connectivity index (χ4v) is 4.83. The first-order valence-electron chi connectivity index (χ1n) is 10.9. The fraction of sp³-hybridized carbons (Fsp3) is 0.154. The van der Waals surface area contributed by atoms with Crippen LogP contribution in [-0.4, -0.2) is 30.1 Å². The molecule has 0 aliphatic rings. The maximum atomic E-state index is 12.8. The first-order chi connectivity index (χ1) is 16.7. The summed E-state index contributed by atoms with van der Waals surface area (Å²) in [5.74, 6) is 0.642. The lowest BCUT2D eigenvalue weighted by Gasteiger charge is -2.22. The first-order valence-corrected chi connectivity index (χ1v) is 13.1. The molecule has 180 valence electrons. The van der Waals surface area contributed by atoms with Crippen LogP contribution in [0.5, 0.6) is 0 Å². The van der Waals surface area contributed by atoms with Crippen LogP contribution in [0, 0.1) is 6.92 Å². The lowest BCUT2D eigenvalue weighted by molar-refractivity contribution is 0.0951. The van der Waals surface area contributed by atoms with E-state index in [1.807, 2.05) is 42.0 Å². The lowest BCUT2D eigenvalue weighted by atomic mass is 10.1. The monoisotopic (exact) mass is 508 g/mol. The minimum Gasteiger partial charge on any atom is -0.348 e. The minimum atomic E-state index is -3.54. The number of carbonyl (C=O) groups is 1. The van der Waals surface area contributed by atoms with Gasteiger partial charge in [0.25, 0.3) is 5.91 Å². The zero-order valence-corrected chi connectivity index (χ0v) is 20.9. The smallest absolute Gasteiger partial charge is 0.251 e. The van der Waals surface area contributed by atoms with Gasteiger partial charge in [-0.15, -0.1) is 0 Å². The molecule has 0 radical (unpaired) electrons. The molecule has 0 aliphatic carbocycles. The molecule has 1 heterocycles. The van der Waals surface area contributed by atoms with Gasteiger partial charge in [-0.05, 0) is 54.4 Å². The summed E-state index contributed by atoms with van der Waals surface area (Å²) >= 11 is 6.05. The number of anilines is 1. The standard InChI is InChI=1S/C26H25ClN4O3S/c1-19-28-14-15-30(19)25-9-4-3-6-22(25)17-29-26(32)21-12-10-20(11-13-21)18-31(35(2,33)34)24-8-5-7-23(27)16-24/h3-16H,17-18H2,1-2H3,(H,29,32). The van der Waals surface area contributed by atoms with E-state index in [4.69, 9.17) is 11.6 Å². The molecule has 7 nitrogen and oxygen atoms in total. The average molecular weight is 509 g/mol. The van der Waals surface area contributed by atoms with Crippen LogP contribution in [0.4, 0.5) is 5.69 Å². The van der Waals surface area contributed by atoms with Crippen molar-refractivity contribution in [3.8, 4) is 5.69 Å². The van der Waals surface area contributed by atoms with Crippen molar-refractivity contribution in [1.82, 2.24) is 14.9 Å².